The Morgan fingerprint density at radius 1 is 1.59 bits per heavy atom. The highest BCUT2D eigenvalue weighted by Gasteiger charge is 2.52. The molecular formula is C11H20N2O3S. The molecule has 0 aromatic rings. The van der Waals surface area contributed by atoms with Crippen LogP contribution in [-0.2, 0) is 14.8 Å². The second kappa shape index (κ2) is 4.10. The number of nitrogens with one attached hydrogen (secondary N) is 1. The van der Waals surface area contributed by atoms with E-state index in [-0.39, 0.29) is 5.92 Å². The molecule has 1 amide bonds. The Hall–Kier alpha value is -0.880. The molecule has 1 aliphatic carbocycles. The van der Waals surface area contributed by atoms with Crippen molar-refractivity contribution in [1.29, 1.82) is 0 Å². The molecule has 17 heavy (non-hydrogen) atoms. The second-order valence-corrected chi connectivity index (χ2v) is 7.39. The normalized spacial score (nSPS) is 23.3. The summed E-state index contributed by atoms with van der Waals surface area (Å²) in [7, 11) is -3.62. The number of carbonyl (C=O) groups is 1. The van der Waals surface area contributed by atoms with Crippen molar-refractivity contribution in [2.24, 2.45) is 11.7 Å². The van der Waals surface area contributed by atoms with Crippen LogP contribution >= 0.6 is 0 Å². The quantitative estimate of drug-likeness (QED) is 0.705. The zero-order valence-electron chi connectivity index (χ0n) is 10.5. The van der Waals surface area contributed by atoms with Gasteiger partial charge < -0.3 is 5.73 Å². The molecule has 6 heteroatoms. The highest BCUT2D eigenvalue weighted by atomic mass is 32.2. The molecule has 5 nitrogen and oxygen atoms in total. The second-order valence-electron chi connectivity index (χ2n) is 5.19. The standard InChI is InChI=1S/C11H20N2O3S/c1-5-8(2)11(4,12)9(14)13-17(15,16)10(3)6-7-10/h5,8H,1,6-7,12H2,2-4H3,(H,13,14). The Labute approximate surface area is 103 Å². The first-order valence-corrected chi connectivity index (χ1v) is 7.03. The summed E-state index contributed by atoms with van der Waals surface area (Å²) in [5.74, 6) is -0.997. The highest BCUT2D eigenvalue weighted by Crippen LogP contribution is 2.42. The maximum Gasteiger partial charge on any atom is 0.253 e. The van der Waals surface area contributed by atoms with Crippen LogP contribution in [0.2, 0.25) is 0 Å². The van der Waals surface area contributed by atoms with Crippen molar-refractivity contribution in [2.45, 2.75) is 43.9 Å². The van der Waals surface area contributed by atoms with Gasteiger partial charge in [0.15, 0.2) is 0 Å². The molecule has 0 heterocycles. The van der Waals surface area contributed by atoms with Crippen LogP contribution in [0.5, 0.6) is 0 Å². The average molecular weight is 260 g/mol. The minimum atomic E-state index is -3.62. The molecule has 3 N–H and O–H groups in total. The van der Waals surface area contributed by atoms with Gasteiger partial charge in [0.25, 0.3) is 5.91 Å². The van der Waals surface area contributed by atoms with E-state index in [0.29, 0.717) is 12.8 Å². The molecule has 2 atom stereocenters. The first-order valence-electron chi connectivity index (χ1n) is 5.55. The van der Waals surface area contributed by atoms with Crippen LogP contribution in [-0.4, -0.2) is 24.6 Å². The van der Waals surface area contributed by atoms with Crippen molar-refractivity contribution in [3.05, 3.63) is 12.7 Å². The lowest BCUT2D eigenvalue weighted by atomic mass is 9.88. The Morgan fingerprint density at radius 3 is 2.41 bits per heavy atom. The summed E-state index contributed by atoms with van der Waals surface area (Å²) in [5.41, 5.74) is 4.56. The lowest BCUT2D eigenvalue weighted by Gasteiger charge is -2.28. The first kappa shape index (κ1) is 14.2. The fourth-order valence-corrected chi connectivity index (χ4v) is 2.60. The number of sulfonamides is 1. The molecule has 1 aliphatic rings. The molecule has 0 bridgehead atoms. The number of hydrogen-bond donors (Lipinski definition) is 2. The van der Waals surface area contributed by atoms with Crippen LogP contribution < -0.4 is 10.5 Å². The van der Waals surface area contributed by atoms with E-state index in [1.165, 1.54) is 13.0 Å². The van der Waals surface area contributed by atoms with Crippen molar-refractivity contribution >= 4 is 15.9 Å². The number of hydrogen-bond acceptors (Lipinski definition) is 4. The van der Waals surface area contributed by atoms with E-state index >= 15 is 0 Å². The van der Waals surface area contributed by atoms with Crippen molar-refractivity contribution in [3.63, 3.8) is 0 Å². The number of amides is 1. The molecule has 0 radical (unpaired) electrons. The Kier molecular flexibility index (Phi) is 3.42. The fourth-order valence-electron chi connectivity index (χ4n) is 1.25. The molecule has 0 aliphatic heterocycles. The van der Waals surface area contributed by atoms with Crippen LogP contribution in [0, 0.1) is 5.92 Å². The average Bonchev–Trinajstić information content (AvgIpc) is 2.96. The van der Waals surface area contributed by atoms with Crippen molar-refractivity contribution < 1.29 is 13.2 Å². The SMILES string of the molecule is C=CC(C)C(C)(N)C(=O)NS(=O)(=O)C1(C)CC1. The molecule has 0 aromatic heterocycles. The minimum absolute atomic E-state index is 0.315. The number of nitrogens with two attached hydrogens (primary N) is 1. The summed E-state index contributed by atoms with van der Waals surface area (Å²) in [6, 6.07) is 0. The van der Waals surface area contributed by atoms with Crippen LogP contribution in [0.15, 0.2) is 12.7 Å². The summed E-state index contributed by atoms with van der Waals surface area (Å²) < 4.78 is 25.0. The van der Waals surface area contributed by atoms with Crippen LogP contribution in [0.25, 0.3) is 0 Å². The summed E-state index contributed by atoms with van der Waals surface area (Å²) >= 11 is 0. The smallest absolute Gasteiger partial charge is 0.253 e. The third kappa shape index (κ3) is 2.52. The predicted octanol–water partition coefficient (Wildman–Crippen LogP) is 0.524. The van der Waals surface area contributed by atoms with Gasteiger partial charge in [0.2, 0.25) is 10.0 Å². The summed E-state index contributed by atoms with van der Waals surface area (Å²) in [6.07, 6.45) is 2.69. The van der Waals surface area contributed by atoms with Gasteiger partial charge in [-0.3, -0.25) is 9.52 Å². The van der Waals surface area contributed by atoms with E-state index in [0.717, 1.165) is 0 Å². The van der Waals surface area contributed by atoms with E-state index in [9.17, 15) is 13.2 Å². The van der Waals surface area contributed by atoms with Gasteiger partial charge in [-0.2, -0.15) is 0 Å². The van der Waals surface area contributed by atoms with Gasteiger partial charge in [-0.1, -0.05) is 13.0 Å². The maximum atomic E-state index is 11.9. The molecule has 0 saturated heterocycles. The van der Waals surface area contributed by atoms with E-state index < -0.39 is 26.2 Å². The Balaban J connectivity index is 2.83. The number of rotatable bonds is 5. The molecule has 1 saturated carbocycles. The molecule has 0 aromatic carbocycles. The third-order valence-corrected chi connectivity index (χ3v) is 5.78. The van der Waals surface area contributed by atoms with Gasteiger partial charge in [-0.25, -0.2) is 8.42 Å². The molecule has 0 spiro atoms. The van der Waals surface area contributed by atoms with E-state index in [2.05, 4.69) is 11.3 Å². The highest BCUT2D eigenvalue weighted by molar-refractivity contribution is 7.91. The Morgan fingerprint density at radius 2 is 2.06 bits per heavy atom. The first-order chi connectivity index (χ1) is 7.57. The van der Waals surface area contributed by atoms with Gasteiger partial charge >= 0.3 is 0 Å². The van der Waals surface area contributed by atoms with E-state index in [1.807, 2.05) is 0 Å². The van der Waals surface area contributed by atoms with Gasteiger partial charge in [-0.05, 0) is 26.7 Å². The van der Waals surface area contributed by atoms with E-state index in [1.54, 1.807) is 13.8 Å². The molecule has 1 fully saturated rings. The van der Waals surface area contributed by atoms with Crippen molar-refractivity contribution in [2.75, 3.05) is 0 Å². The molecular weight excluding hydrogens is 240 g/mol. The van der Waals surface area contributed by atoms with Crippen LogP contribution in [0.3, 0.4) is 0 Å². The molecule has 1 rings (SSSR count). The predicted molar refractivity (Wildman–Crippen MR) is 66.7 cm³/mol. The van der Waals surface area contributed by atoms with Crippen molar-refractivity contribution in [3.8, 4) is 0 Å². The summed E-state index contributed by atoms with van der Waals surface area (Å²) in [6.45, 7) is 8.40. The molecule has 98 valence electrons. The van der Waals surface area contributed by atoms with Crippen LogP contribution in [0.1, 0.15) is 33.6 Å². The number of carbonyl (C=O) groups excluding carboxylic acids is 1. The van der Waals surface area contributed by atoms with E-state index in [4.69, 9.17) is 5.73 Å². The largest absolute Gasteiger partial charge is 0.317 e. The van der Waals surface area contributed by atoms with Gasteiger partial charge in [-0.15, -0.1) is 6.58 Å². The molecule has 2 unspecified atom stereocenters. The maximum absolute atomic E-state index is 11.9. The van der Waals surface area contributed by atoms with Crippen LogP contribution in [0.4, 0.5) is 0 Å². The lowest BCUT2D eigenvalue weighted by Crippen LogP contribution is -2.57. The zero-order valence-corrected chi connectivity index (χ0v) is 11.3. The Bertz CT molecular complexity index is 436. The van der Waals surface area contributed by atoms with Crippen molar-refractivity contribution in [1.82, 2.24) is 4.72 Å². The third-order valence-electron chi connectivity index (χ3n) is 3.62. The minimum Gasteiger partial charge on any atom is -0.317 e. The summed E-state index contributed by atoms with van der Waals surface area (Å²) in [4.78, 5) is 11.9. The zero-order chi connectivity index (χ0) is 13.5. The van der Waals surface area contributed by atoms with Gasteiger partial charge in [0.05, 0.1) is 10.3 Å². The fraction of sp³-hybridized carbons (Fsp3) is 0.727. The van der Waals surface area contributed by atoms with Gasteiger partial charge in [0.1, 0.15) is 0 Å². The topological polar surface area (TPSA) is 89.3 Å². The lowest BCUT2D eigenvalue weighted by molar-refractivity contribution is -0.125. The monoisotopic (exact) mass is 260 g/mol. The van der Waals surface area contributed by atoms with Gasteiger partial charge in [0, 0.05) is 5.92 Å². The summed E-state index contributed by atoms with van der Waals surface area (Å²) in [5, 5.41) is 0.